The Morgan fingerprint density at radius 2 is 1.78 bits per heavy atom. The Kier molecular flexibility index (Phi) is 8.53. The Labute approximate surface area is 188 Å². The first kappa shape index (κ1) is 23.6. The summed E-state index contributed by atoms with van der Waals surface area (Å²) in [6.07, 6.45) is 8.85. The van der Waals surface area contributed by atoms with E-state index < -0.39 is 11.9 Å². The van der Waals surface area contributed by atoms with Gasteiger partial charge in [0.15, 0.2) is 11.8 Å². The van der Waals surface area contributed by atoms with Crippen molar-refractivity contribution in [2.24, 2.45) is 5.92 Å². The van der Waals surface area contributed by atoms with E-state index in [4.69, 9.17) is 8.83 Å². The van der Waals surface area contributed by atoms with Gasteiger partial charge in [-0.15, -0.1) is 0 Å². The third-order valence-electron chi connectivity index (χ3n) is 5.74. The Balaban J connectivity index is 1.76. The lowest BCUT2D eigenvalue weighted by molar-refractivity contribution is -0.141. The number of carbonyl (C=O) groups excluding carboxylic acids is 3. The zero-order chi connectivity index (χ0) is 22.9. The number of amides is 3. The summed E-state index contributed by atoms with van der Waals surface area (Å²) in [5.74, 6) is -0.209. The molecule has 3 rings (SSSR count). The van der Waals surface area contributed by atoms with Crippen molar-refractivity contribution in [1.82, 2.24) is 15.5 Å². The topological polar surface area (TPSA) is 105 Å². The van der Waals surface area contributed by atoms with Crippen LogP contribution in [0.1, 0.15) is 74.7 Å². The van der Waals surface area contributed by atoms with Crippen molar-refractivity contribution in [3.63, 3.8) is 0 Å². The number of rotatable bonds is 10. The van der Waals surface area contributed by atoms with Crippen LogP contribution in [0, 0.1) is 5.92 Å². The van der Waals surface area contributed by atoms with E-state index >= 15 is 0 Å². The molecule has 1 atom stereocenters. The van der Waals surface area contributed by atoms with Crippen molar-refractivity contribution in [2.45, 2.75) is 64.5 Å². The lowest BCUT2D eigenvalue weighted by atomic mass is 9.95. The molecular weight excluding hydrogens is 410 g/mol. The highest BCUT2D eigenvalue weighted by atomic mass is 16.3. The van der Waals surface area contributed by atoms with Gasteiger partial charge in [0.05, 0.1) is 19.1 Å². The summed E-state index contributed by atoms with van der Waals surface area (Å²) in [6, 6.07) is 5.77. The molecule has 2 heterocycles. The summed E-state index contributed by atoms with van der Waals surface area (Å²) >= 11 is 0. The van der Waals surface area contributed by atoms with Gasteiger partial charge in [0.25, 0.3) is 11.8 Å². The van der Waals surface area contributed by atoms with Crippen LogP contribution in [0.3, 0.4) is 0 Å². The van der Waals surface area contributed by atoms with E-state index in [1.807, 2.05) is 0 Å². The fourth-order valence-electron chi connectivity index (χ4n) is 3.95. The van der Waals surface area contributed by atoms with Crippen LogP contribution in [0.25, 0.3) is 0 Å². The van der Waals surface area contributed by atoms with E-state index in [1.165, 1.54) is 29.9 Å². The fourth-order valence-corrected chi connectivity index (χ4v) is 3.95. The quantitative estimate of drug-likeness (QED) is 0.583. The smallest absolute Gasteiger partial charge is 0.287 e. The number of hydrogen-bond donors (Lipinski definition) is 2. The molecule has 0 bridgehead atoms. The molecule has 1 fully saturated rings. The zero-order valence-corrected chi connectivity index (χ0v) is 18.8. The van der Waals surface area contributed by atoms with Gasteiger partial charge in [-0.1, -0.05) is 33.1 Å². The van der Waals surface area contributed by atoms with Gasteiger partial charge in [-0.05, 0) is 49.4 Å². The molecule has 0 spiro atoms. The summed E-state index contributed by atoms with van der Waals surface area (Å²) in [5.41, 5.74) is 0. The molecule has 32 heavy (non-hydrogen) atoms. The van der Waals surface area contributed by atoms with Gasteiger partial charge < -0.3 is 24.4 Å². The van der Waals surface area contributed by atoms with Gasteiger partial charge in [-0.25, -0.2) is 0 Å². The van der Waals surface area contributed by atoms with Crippen molar-refractivity contribution >= 4 is 17.7 Å². The number of carbonyl (C=O) groups is 3. The van der Waals surface area contributed by atoms with Crippen molar-refractivity contribution in [3.8, 4) is 0 Å². The maximum atomic E-state index is 13.4. The maximum Gasteiger partial charge on any atom is 0.287 e. The zero-order valence-electron chi connectivity index (χ0n) is 18.8. The van der Waals surface area contributed by atoms with Crippen molar-refractivity contribution in [1.29, 1.82) is 0 Å². The molecule has 0 unspecified atom stereocenters. The van der Waals surface area contributed by atoms with E-state index in [2.05, 4.69) is 24.5 Å². The first-order chi connectivity index (χ1) is 15.5. The molecule has 1 aliphatic rings. The average Bonchev–Trinajstić information content (AvgIpc) is 3.49. The molecule has 8 heteroatoms. The highest BCUT2D eigenvalue weighted by molar-refractivity contribution is 5.95. The van der Waals surface area contributed by atoms with E-state index in [0.717, 1.165) is 25.7 Å². The minimum Gasteiger partial charge on any atom is -0.467 e. The van der Waals surface area contributed by atoms with E-state index in [0.29, 0.717) is 24.6 Å². The maximum absolute atomic E-state index is 13.4. The predicted octanol–water partition coefficient (Wildman–Crippen LogP) is 3.67. The van der Waals surface area contributed by atoms with E-state index in [1.54, 1.807) is 18.2 Å². The Hall–Kier alpha value is -3.03. The lowest BCUT2D eigenvalue weighted by Gasteiger charge is -2.32. The molecule has 0 aliphatic heterocycles. The van der Waals surface area contributed by atoms with E-state index in [9.17, 15) is 14.4 Å². The van der Waals surface area contributed by atoms with E-state index in [-0.39, 0.29) is 30.2 Å². The first-order valence-electron chi connectivity index (χ1n) is 11.4. The highest BCUT2D eigenvalue weighted by Gasteiger charge is 2.34. The van der Waals surface area contributed by atoms with Gasteiger partial charge in [0, 0.05) is 12.6 Å². The van der Waals surface area contributed by atoms with Gasteiger partial charge in [-0.3, -0.25) is 14.4 Å². The third-order valence-corrected chi connectivity index (χ3v) is 5.74. The number of furan rings is 2. The molecule has 8 nitrogen and oxygen atoms in total. The van der Waals surface area contributed by atoms with Crippen LogP contribution in [0.2, 0.25) is 0 Å². The molecule has 174 valence electrons. The summed E-state index contributed by atoms with van der Waals surface area (Å²) in [4.78, 5) is 40.3. The predicted molar refractivity (Wildman–Crippen MR) is 119 cm³/mol. The van der Waals surface area contributed by atoms with Crippen LogP contribution in [0.4, 0.5) is 0 Å². The monoisotopic (exact) mass is 443 g/mol. The Morgan fingerprint density at radius 3 is 2.41 bits per heavy atom. The molecule has 0 aromatic carbocycles. The molecular formula is C24H33N3O5. The van der Waals surface area contributed by atoms with Crippen molar-refractivity contribution in [3.05, 3.63) is 48.3 Å². The normalized spacial score (nSPS) is 15.3. The number of nitrogens with zero attached hydrogens (tertiary/aromatic N) is 1. The second kappa shape index (κ2) is 11.5. The molecule has 1 aliphatic carbocycles. The second-order valence-electron chi connectivity index (χ2n) is 8.69. The second-order valence-corrected chi connectivity index (χ2v) is 8.69. The molecule has 2 N–H and O–H groups in total. The number of hydrogen-bond acceptors (Lipinski definition) is 5. The molecule has 1 saturated carbocycles. The molecule has 2 aromatic rings. The number of nitrogens with one attached hydrogen (secondary N) is 2. The Morgan fingerprint density at radius 1 is 1.06 bits per heavy atom. The van der Waals surface area contributed by atoms with Crippen LogP contribution in [0.15, 0.2) is 45.6 Å². The van der Waals surface area contributed by atoms with Gasteiger partial charge >= 0.3 is 0 Å². The van der Waals surface area contributed by atoms with Crippen molar-refractivity contribution < 1.29 is 23.2 Å². The van der Waals surface area contributed by atoms with Gasteiger partial charge in [0.1, 0.15) is 5.76 Å². The Bertz CT molecular complexity index is 854. The SMILES string of the molecule is CC(C)CCN(C(=O)CNC(=O)c1ccco1)[C@H](C(=O)NC1CCCCC1)c1ccco1. The van der Waals surface area contributed by atoms with Crippen LogP contribution in [-0.4, -0.2) is 41.8 Å². The van der Waals surface area contributed by atoms with Crippen LogP contribution >= 0.6 is 0 Å². The largest absolute Gasteiger partial charge is 0.467 e. The summed E-state index contributed by atoms with van der Waals surface area (Å²) in [6.45, 7) is 4.25. The van der Waals surface area contributed by atoms with Crippen LogP contribution in [0.5, 0.6) is 0 Å². The fraction of sp³-hybridized carbons (Fsp3) is 0.542. The molecule has 3 amide bonds. The van der Waals surface area contributed by atoms with Gasteiger partial charge in [0.2, 0.25) is 5.91 Å². The summed E-state index contributed by atoms with van der Waals surface area (Å²) in [5, 5.41) is 5.71. The summed E-state index contributed by atoms with van der Waals surface area (Å²) < 4.78 is 10.7. The first-order valence-corrected chi connectivity index (χ1v) is 11.4. The van der Waals surface area contributed by atoms with Crippen LogP contribution in [-0.2, 0) is 9.59 Å². The van der Waals surface area contributed by atoms with Crippen molar-refractivity contribution in [2.75, 3.05) is 13.1 Å². The average molecular weight is 444 g/mol. The minimum atomic E-state index is -0.890. The summed E-state index contributed by atoms with van der Waals surface area (Å²) in [7, 11) is 0. The molecule has 0 saturated heterocycles. The minimum absolute atomic E-state index is 0.106. The third kappa shape index (κ3) is 6.48. The highest BCUT2D eigenvalue weighted by Crippen LogP contribution is 2.25. The van der Waals surface area contributed by atoms with Crippen LogP contribution < -0.4 is 10.6 Å². The lowest BCUT2D eigenvalue weighted by Crippen LogP contribution is -2.49. The van der Waals surface area contributed by atoms with Gasteiger partial charge in [-0.2, -0.15) is 0 Å². The molecule has 2 aromatic heterocycles. The molecule has 0 radical (unpaired) electrons. The standard InChI is InChI=1S/C24H33N3O5/c1-17(2)12-13-27(21(28)16-25-23(29)20-11-7-15-32-20)22(19-10-6-14-31-19)24(30)26-18-8-4-3-5-9-18/h6-7,10-11,14-15,17-18,22H,3-5,8-9,12-13,16H2,1-2H3,(H,25,29)(H,26,30)/t22-/m0/s1.